The average molecular weight is 815 g/mol. The van der Waals surface area contributed by atoms with Crippen LogP contribution in [0.2, 0.25) is 0 Å². The lowest BCUT2D eigenvalue weighted by atomic mass is 9.97. The second-order valence-corrected chi connectivity index (χ2v) is 16.4. The van der Waals surface area contributed by atoms with Crippen molar-refractivity contribution < 1.29 is 33.1 Å². The van der Waals surface area contributed by atoms with Crippen LogP contribution in [0.1, 0.15) is 61.6 Å². The number of fused-ring (bicyclic) bond motifs is 1. The van der Waals surface area contributed by atoms with Crippen LogP contribution in [0.5, 0.6) is 0 Å². The molecule has 4 amide bonds. The Bertz CT molecular complexity index is 2390. The molecule has 4 aliphatic rings. The van der Waals surface area contributed by atoms with E-state index in [-0.39, 0.29) is 29.8 Å². The number of rotatable bonds is 11. The van der Waals surface area contributed by atoms with Gasteiger partial charge in [0.05, 0.1) is 31.0 Å². The first-order chi connectivity index (χ1) is 28.6. The van der Waals surface area contributed by atoms with E-state index in [0.29, 0.717) is 31.5 Å². The third-order valence-electron chi connectivity index (χ3n) is 11.3. The van der Waals surface area contributed by atoms with Gasteiger partial charge in [0.2, 0.25) is 11.8 Å². The van der Waals surface area contributed by atoms with E-state index in [1.165, 1.54) is 14.2 Å². The van der Waals surface area contributed by atoms with E-state index in [2.05, 4.69) is 34.9 Å². The molecular formula is C45H46N6O7S. The minimum Gasteiger partial charge on any atom is -0.455 e. The zero-order chi connectivity index (χ0) is 41.2. The molecule has 0 radical (unpaired) electrons. The van der Waals surface area contributed by atoms with Crippen LogP contribution < -0.4 is 10.6 Å². The summed E-state index contributed by atoms with van der Waals surface area (Å²) in [5.74, 6) is 0.311. The Morgan fingerprint density at radius 1 is 0.831 bits per heavy atom. The number of likely N-dealkylation sites (tertiary alicyclic amines) is 1. The first kappa shape index (κ1) is 39.5. The van der Waals surface area contributed by atoms with Crippen LogP contribution in [0.3, 0.4) is 0 Å². The molecule has 13 nitrogen and oxygen atoms in total. The van der Waals surface area contributed by atoms with Crippen molar-refractivity contribution in [1.29, 1.82) is 0 Å². The van der Waals surface area contributed by atoms with Gasteiger partial charge >= 0.3 is 12.2 Å². The fourth-order valence-electron chi connectivity index (χ4n) is 8.16. The van der Waals surface area contributed by atoms with Crippen LogP contribution in [-0.4, -0.2) is 90.7 Å². The molecule has 14 heteroatoms. The van der Waals surface area contributed by atoms with Gasteiger partial charge in [0.1, 0.15) is 23.4 Å². The highest BCUT2D eigenvalue weighted by Gasteiger charge is 2.39. The molecule has 2 aromatic heterocycles. The molecule has 4 atom stereocenters. The quantitative estimate of drug-likeness (QED) is 0.147. The smallest absolute Gasteiger partial charge is 0.407 e. The van der Waals surface area contributed by atoms with E-state index < -0.39 is 24.3 Å². The lowest BCUT2D eigenvalue weighted by Gasteiger charge is -2.31. The summed E-state index contributed by atoms with van der Waals surface area (Å²) in [4.78, 5) is 65.9. The van der Waals surface area contributed by atoms with E-state index in [1.54, 1.807) is 16.2 Å². The van der Waals surface area contributed by atoms with Crippen molar-refractivity contribution in [3.63, 3.8) is 0 Å². The summed E-state index contributed by atoms with van der Waals surface area (Å²) in [6.07, 6.45) is 9.33. The summed E-state index contributed by atoms with van der Waals surface area (Å²) >= 11 is 1.66. The Morgan fingerprint density at radius 3 is 2.25 bits per heavy atom. The minimum absolute atomic E-state index is 0.117. The van der Waals surface area contributed by atoms with Crippen LogP contribution >= 0.6 is 11.3 Å². The van der Waals surface area contributed by atoms with Crippen LogP contribution in [-0.2, 0) is 19.1 Å². The van der Waals surface area contributed by atoms with Crippen molar-refractivity contribution in [2.75, 3.05) is 27.3 Å². The molecule has 0 bridgehead atoms. The maximum atomic E-state index is 13.9. The fraction of sp³-hybridized carbons (Fsp3) is 0.333. The third kappa shape index (κ3) is 8.09. The molecule has 8 rings (SSSR count). The van der Waals surface area contributed by atoms with Crippen molar-refractivity contribution in [2.45, 2.75) is 63.7 Å². The number of alkyl carbamates (subject to hydrolysis) is 2. The highest BCUT2D eigenvalue weighted by Crippen LogP contribution is 2.40. The number of benzene rings is 2. The molecule has 1 saturated heterocycles. The largest absolute Gasteiger partial charge is 0.455 e. The normalized spacial score (nSPS) is 19.7. The number of methoxy groups -OCH3 is 2. The Balaban J connectivity index is 0.884. The number of nitrogens with zero attached hydrogens (tertiary/aromatic N) is 4. The molecule has 59 heavy (non-hydrogen) atoms. The maximum Gasteiger partial charge on any atom is 0.407 e. The second-order valence-electron chi connectivity index (χ2n) is 15.3. The van der Waals surface area contributed by atoms with Gasteiger partial charge in [0, 0.05) is 66.3 Å². The molecule has 4 aliphatic heterocycles. The molecule has 0 spiro atoms. The van der Waals surface area contributed by atoms with E-state index in [0.717, 1.165) is 67.5 Å². The van der Waals surface area contributed by atoms with E-state index >= 15 is 0 Å². The summed E-state index contributed by atoms with van der Waals surface area (Å²) in [6.45, 7) is 4.82. The molecule has 6 heterocycles. The van der Waals surface area contributed by atoms with Gasteiger partial charge in [-0.2, -0.15) is 0 Å². The number of hydrogen-bond donors (Lipinski definition) is 2. The molecule has 0 aliphatic carbocycles. The Kier molecular flexibility index (Phi) is 11.3. The Hall–Kier alpha value is -6.28. The van der Waals surface area contributed by atoms with E-state index in [1.807, 2.05) is 85.8 Å². The predicted octanol–water partition coefficient (Wildman–Crippen LogP) is 7.77. The second kappa shape index (κ2) is 16.9. The number of furan rings is 1. The van der Waals surface area contributed by atoms with Crippen LogP contribution in [0.15, 0.2) is 106 Å². The van der Waals surface area contributed by atoms with Gasteiger partial charge in [-0.25, -0.2) is 9.59 Å². The van der Waals surface area contributed by atoms with Crippen molar-refractivity contribution in [3.05, 3.63) is 107 Å². The number of aliphatic imine (C=N–C) groups is 2. The molecular weight excluding hydrogens is 769 g/mol. The van der Waals surface area contributed by atoms with Gasteiger partial charge in [-0.1, -0.05) is 80.6 Å². The van der Waals surface area contributed by atoms with Crippen molar-refractivity contribution in [2.24, 2.45) is 15.9 Å². The van der Waals surface area contributed by atoms with Gasteiger partial charge in [-0.3, -0.25) is 19.6 Å². The van der Waals surface area contributed by atoms with Crippen LogP contribution in [0.4, 0.5) is 9.59 Å². The minimum atomic E-state index is -0.859. The molecule has 0 unspecified atom stereocenters. The SMILES string of the molecule is COC(=O)N[C@H](C(=O)N1CC=C[C@H]1C1=NC=C(c2ccc(-c3cc4sc(C5=CN=C([C@@H]6CCCN6C(=O)[C@H](NC(=O)OC)c6ccccc6)C5)cc4o3)cc2)C1)C(C)C. The highest BCUT2D eigenvalue weighted by atomic mass is 32.1. The molecule has 4 aromatic rings. The standard InChI is InChI=1S/C45H46N6O7S/c1-26(2)40(48-44(54)56-3)42(52)50-18-8-12-34(50)32-20-30(24-46-32)27-14-16-28(17-15-27)36-22-39-37(58-36)23-38(59-39)31-21-33(47-25-31)35-13-9-19-51(35)43(53)41(49-45(55)57-4)29-10-6-5-7-11-29/h5-8,10-12,14-17,22-26,34-35,40-41H,9,13,18-21H2,1-4H3,(H,48,54)(H,49,55)/t34-,35-,40-,41+/m0/s1. The van der Waals surface area contributed by atoms with E-state index in [9.17, 15) is 19.2 Å². The number of nitrogens with one attached hydrogen (secondary N) is 2. The predicted molar refractivity (Wildman–Crippen MR) is 228 cm³/mol. The molecule has 304 valence electrons. The number of thiophene rings is 1. The zero-order valence-corrected chi connectivity index (χ0v) is 34.2. The number of ether oxygens (including phenoxy) is 2. The number of allylic oxidation sites excluding steroid dienone is 2. The summed E-state index contributed by atoms with van der Waals surface area (Å²) < 4.78 is 17.0. The average Bonchev–Trinajstić information content (AvgIpc) is 4.10. The molecule has 2 aromatic carbocycles. The molecule has 1 fully saturated rings. The van der Waals surface area contributed by atoms with Crippen molar-refractivity contribution in [3.8, 4) is 11.3 Å². The van der Waals surface area contributed by atoms with Gasteiger partial charge in [-0.05, 0) is 47.1 Å². The van der Waals surface area contributed by atoms with Gasteiger partial charge in [0.15, 0.2) is 0 Å². The fourth-order valence-corrected chi connectivity index (χ4v) is 9.19. The van der Waals surface area contributed by atoms with Crippen LogP contribution in [0, 0.1) is 5.92 Å². The highest BCUT2D eigenvalue weighted by molar-refractivity contribution is 7.20. The summed E-state index contributed by atoms with van der Waals surface area (Å²) in [5.41, 5.74) is 7.45. The first-order valence-electron chi connectivity index (χ1n) is 19.8. The lowest BCUT2D eigenvalue weighted by Crippen LogP contribution is -2.53. The molecule has 0 saturated carbocycles. The molecule has 2 N–H and O–H groups in total. The monoisotopic (exact) mass is 814 g/mol. The third-order valence-corrected chi connectivity index (χ3v) is 12.4. The number of carbonyl (C=O) groups excluding carboxylic acids is 4. The number of hydrogen-bond acceptors (Lipinski definition) is 10. The maximum absolute atomic E-state index is 13.9. The first-order valence-corrected chi connectivity index (χ1v) is 20.6. The van der Waals surface area contributed by atoms with Crippen LogP contribution in [0.25, 0.3) is 32.8 Å². The van der Waals surface area contributed by atoms with E-state index in [4.69, 9.17) is 23.9 Å². The van der Waals surface area contributed by atoms with Gasteiger partial charge < -0.3 is 34.3 Å². The zero-order valence-electron chi connectivity index (χ0n) is 33.3. The van der Waals surface area contributed by atoms with Crippen molar-refractivity contribution >= 4 is 68.2 Å². The summed E-state index contributed by atoms with van der Waals surface area (Å²) in [5, 5.41) is 5.42. The summed E-state index contributed by atoms with van der Waals surface area (Å²) in [6, 6.07) is 19.6. The van der Waals surface area contributed by atoms with Crippen molar-refractivity contribution in [1.82, 2.24) is 20.4 Å². The number of carbonyl (C=O) groups is 4. The lowest BCUT2D eigenvalue weighted by molar-refractivity contribution is -0.134. The van der Waals surface area contributed by atoms with Gasteiger partial charge in [-0.15, -0.1) is 11.3 Å². The topological polar surface area (TPSA) is 155 Å². The summed E-state index contributed by atoms with van der Waals surface area (Å²) in [7, 11) is 2.57. The van der Waals surface area contributed by atoms with Gasteiger partial charge in [0.25, 0.3) is 0 Å². The Morgan fingerprint density at radius 2 is 1.53 bits per heavy atom. The number of amides is 4. The Labute approximate surface area is 346 Å².